The molecule has 194 valence electrons. The lowest BCUT2D eigenvalue weighted by Crippen LogP contribution is -2.39. The molecule has 0 fully saturated rings. The highest BCUT2D eigenvalue weighted by atomic mass is 32.2. The molecular weight excluding hydrogens is 480 g/mol. The summed E-state index contributed by atoms with van der Waals surface area (Å²) >= 11 is 0. The number of aromatic nitrogens is 2. The molecule has 0 saturated carbocycles. The summed E-state index contributed by atoms with van der Waals surface area (Å²) in [4.78, 5) is 19.0. The number of hydrogen-bond acceptors (Lipinski definition) is 7. The van der Waals surface area contributed by atoms with Crippen LogP contribution in [0.2, 0.25) is 0 Å². The van der Waals surface area contributed by atoms with Crippen molar-refractivity contribution < 1.29 is 22.5 Å². The van der Waals surface area contributed by atoms with Crippen molar-refractivity contribution in [2.45, 2.75) is 52.2 Å². The van der Waals surface area contributed by atoms with Gasteiger partial charge in [0.25, 0.3) is 5.91 Å². The van der Waals surface area contributed by atoms with E-state index < -0.39 is 16.1 Å². The number of sulfonamides is 1. The zero-order valence-corrected chi connectivity index (χ0v) is 22.7. The van der Waals surface area contributed by atoms with Gasteiger partial charge in [0.2, 0.25) is 21.7 Å². The monoisotopic (exact) mass is 514 g/mol. The molecule has 0 aliphatic heterocycles. The number of nitrogens with zero attached hydrogens (tertiary/aromatic N) is 4. The minimum atomic E-state index is -3.36. The third-order valence-electron chi connectivity index (χ3n) is 5.85. The van der Waals surface area contributed by atoms with Crippen molar-refractivity contribution in [3.05, 3.63) is 60.0 Å². The van der Waals surface area contributed by atoms with E-state index >= 15 is 0 Å². The molecule has 36 heavy (non-hydrogen) atoms. The van der Waals surface area contributed by atoms with Gasteiger partial charge in [-0.2, -0.15) is 4.98 Å². The van der Waals surface area contributed by atoms with Gasteiger partial charge < -0.3 is 14.2 Å². The van der Waals surface area contributed by atoms with Gasteiger partial charge >= 0.3 is 0 Å². The van der Waals surface area contributed by atoms with Gasteiger partial charge in [-0.25, -0.2) is 8.42 Å². The molecule has 0 unspecified atom stereocenters. The zero-order valence-electron chi connectivity index (χ0n) is 21.8. The van der Waals surface area contributed by atoms with Gasteiger partial charge in [0.1, 0.15) is 5.75 Å². The van der Waals surface area contributed by atoms with Crippen LogP contribution in [0.1, 0.15) is 45.6 Å². The maximum absolute atomic E-state index is 13.0. The van der Waals surface area contributed by atoms with Crippen LogP contribution in [-0.2, 0) is 26.8 Å². The first kappa shape index (κ1) is 27.2. The third kappa shape index (κ3) is 6.63. The molecule has 1 heterocycles. The molecule has 1 aromatic heterocycles. The fourth-order valence-corrected chi connectivity index (χ4v) is 3.99. The SMILES string of the molecule is CC[C@@H](Oc1ccc(N(C)S(C)(=O)=O)cc1)C(=O)N(C)Cc1nc(-c2ccc(C(C)(C)C)cc2)no1. The van der Waals surface area contributed by atoms with Crippen LogP contribution in [0, 0.1) is 0 Å². The second-order valence-electron chi connectivity index (χ2n) is 9.77. The smallest absolute Gasteiger partial charge is 0.263 e. The van der Waals surface area contributed by atoms with Crippen LogP contribution in [0.3, 0.4) is 0 Å². The Balaban J connectivity index is 1.63. The molecule has 0 N–H and O–H groups in total. The Hall–Kier alpha value is -3.40. The van der Waals surface area contributed by atoms with Crippen molar-refractivity contribution in [1.82, 2.24) is 15.0 Å². The molecule has 10 heteroatoms. The molecule has 1 amide bonds. The van der Waals surface area contributed by atoms with Crippen molar-refractivity contribution in [2.24, 2.45) is 0 Å². The maximum atomic E-state index is 13.0. The van der Waals surface area contributed by atoms with E-state index in [-0.39, 0.29) is 17.9 Å². The molecule has 0 aliphatic carbocycles. The van der Waals surface area contributed by atoms with Crippen molar-refractivity contribution >= 4 is 21.6 Å². The number of rotatable bonds is 9. The highest BCUT2D eigenvalue weighted by molar-refractivity contribution is 7.92. The highest BCUT2D eigenvalue weighted by Crippen LogP contribution is 2.25. The third-order valence-corrected chi connectivity index (χ3v) is 7.05. The lowest BCUT2D eigenvalue weighted by Gasteiger charge is -2.23. The average molecular weight is 515 g/mol. The fraction of sp³-hybridized carbons (Fsp3) is 0.423. The minimum Gasteiger partial charge on any atom is -0.481 e. The van der Waals surface area contributed by atoms with Crippen molar-refractivity contribution in [1.29, 1.82) is 0 Å². The van der Waals surface area contributed by atoms with E-state index in [0.29, 0.717) is 29.6 Å². The van der Waals surface area contributed by atoms with E-state index in [1.54, 1.807) is 31.3 Å². The molecular formula is C26H34N4O5S. The summed E-state index contributed by atoms with van der Waals surface area (Å²) in [6, 6.07) is 14.6. The van der Waals surface area contributed by atoms with Crippen molar-refractivity contribution in [3.8, 4) is 17.1 Å². The number of anilines is 1. The van der Waals surface area contributed by atoms with Crippen LogP contribution in [0.25, 0.3) is 11.4 Å². The molecule has 1 atom stereocenters. The first-order valence-electron chi connectivity index (χ1n) is 11.7. The standard InChI is InChI=1S/C26H34N4O5S/c1-8-22(34-21-15-13-20(14-16-21)30(6)36(7,32)33)25(31)29(5)17-23-27-24(28-35-23)18-9-11-19(12-10-18)26(2,3)4/h9-16,22H,8,17H2,1-7H3/t22-/m1/s1. The summed E-state index contributed by atoms with van der Waals surface area (Å²) < 4.78 is 35.9. The normalized spacial score (nSPS) is 12.8. The minimum absolute atomic E-state index is 0.0520. The Kier molecular flexibility index (Phi) is 8.08. The topological polar surface area (TPSA) is 106 Å². The van der Waals surface area contributed by atoms with Gasteiger partial charge in [0.05, 0.1) is 18.5 Å². The van der Waals surface area contributed by atoms with E-state index in [9.17, 15) is 13.2 Å². The van der Waals surface area contributed by atoms with Crippen LogP contribution >= 0.6 is 0 Å². The second kappa shape index (κ2) is 10.7. The molecule has 2 aromatic carbocycles. The largest absolute Gasteiger partial charge is 0.481 e. The van der Waals surface area contributed by atoms with E-state index in [4.69, 9.17) is 9.26 Å². The lowest BCUT2D eigenvalue weighted by atomic mass is 9.87. The summed E-state index contributed by atoms with van der Waals surface area (Å²) in [5.41, 5.74) is 2.60. The second-order valence-corrected chi connectivity index (χ2v) is 11.8. The van der Waals surface area contributed by atoms with Crippen molar-refractivity contribution in [3.63, 3.8) is 0 Å². The Labute approximate surface area is 213 Å². The van der Waals surface area contributed by atoms with Gasteiger partial charge in [-0.1, -0.05) is 57.1 Å². The van der Waals surface area contributed by atoms with E-state index in [1.807, 2.05) is 19.1 Å². The average Bonchev–Trinajstić information content (AvgIpc) is 3.29. The lowest BCUT2D eigenvalue weighted by molar-refractivity contribution is -0.138. The quantitative estimate of drug-likeness (QED) is 0.420. The van der Waals surface area contributed by atoms with Gasteiger partial charge in [0, 0.05) is 19.7 Å². The number of carbonyl (C=O) groups is 1. The van der Waals surface area contributed by atoms with Gasteiger partial charge in [0.15, 0.2) is 6.10 Å². The Morgan fingerprint density at radius 1 is 1.06 bits per heavy atom. The van der Waals surface area contributed by atoms with Gasteiger partial charge in [-0.05, 0) is 41.7 Å². The van der Waals surface area contributed by atoms with Crippen molar-refractivity contribution in [2.75, 3.05) is 24.7 Å². The number of carbonyl (C=O) groups excluding carboxylic acids is 1. The van der Waals surface area contributed by atoms with Crippen LogP contribution < -0.4 is 9.04 Å². The summed E-state index contributed by atoms with van der Waals surface area (Å²) in [6.45, 7) is 8.46. The molecule has 0 bridgehead atoms. The molecule has 0 aliphatic rings. The van der Waals surface area contributed by atoms with Gasteiger partial charge in [-0.3, -0.25) is 9.10 Å². The first-order chi connectivity index (χ1) is 16.8. The van der Waals surface area contributed by atoms with E-state index in [1.165, 1.54) is 21.8 Å². The first-order valence-corrected chi connectivity index (χ1v) is 13.5. The summed E-state index contributed by atoms with van der Waals surface area (Å²) in [6.07, 6.45) is 0.859. The van der Waals surface area contributed by atoms with Crippen LogP contribution in [0.4, 0.5) is 5.69 Å². The number of benzene rings is 2. The highest BCUT2D eigenvalue weighted by Gasteiger charge is 2.24. The molecule has 0 spiro atoms. The van der Waals surface area contributed by atoms with Crippen LogP contribution in [-0.4, -0.2) is 55.8 Å². The number of likely N-dealkylation sites (N-methyl/N-ethyl adjacent to an activating group) is 1. The number of hydrogen-bond donors (Lipinski definition) is 0. The number of ether oxygens (including phenoxy) is 1. The molecule has 0 saturated heterocycles. The van der Waals surface area contributed by atoms with Crippen LogP contribution in [0.5, 0.6) is 5.75 Å². The fourth-order valence-electron chi connectivity index (χ4n) is 3.48. The molecule has 3 rings (SSSR count). The summed E-state index contributed by atoms with van der Waals surface area (Å²) in [7, 11) is -0.235. The molecule has 3 aromatic rings. The Morgan fingerprint density at radius 2 is 1.67 bits per heavy atom. The van der Waals surface area contributed by atoms with Gasteiger partial charge in [-0.15, -0.1) is 0 Å². The summed E-state index contributed by atoms with van der Waals surface area (Å²) in [5.74, 6) is 1.02. The number of amides is 1. The van der Waals surface area contributed by atoms with Crippen LogP contribution in [0.15, 0.2) is 53.1 Å². The zero-order chi connectivity index (χ0) is 26.7. The summed E-state index contributed by atoms with van der Waals surface area (Å²) in [5, 5.41) is 4.06. The molecule has 0 radical (unpaired) electrons. The maximum Gasteiger partial charge on any atom is 0.263 e. The van der Waals surface area contributed by atoms with E-state index in [2.05, 4.69) is 43.0 Å². The van der Waals surface area contributed by atoms with E-state index in [0.717, 1.165) is 11.8 Å². The Morgan fingerprint density at radius 3 is 2.19 bits per heavy atom. The Bertz CT molecular complexity index is 1280. The predicted octanol–water partition coefficient (Wildman–Crippen LogP) is 4.25. The predicted molar refractivity (Wildman–Crippen MR) is 139 cm³/mol. The molecule has 9 nitrogen and oxygen atoms in total.